The van der Waals surface area contributed by atoms with Gasteiger partial charge >= 0.3 is 0 Å². The van der Waals surface area contributed by atoms with Crippen LogP contribution in [0.1, 0.15) is 0 Å². The van der Waals surface area contributed by atoms with Gasteiger partial charge in [0.2, 0.25) is 0 Å². The number of hydrogen-bond donors (Lipinski definition) is 2. The Kier molecular flexibility index (Phi) is 3.99. The van der Waals surface area contributed by atoms with Crippen molar-refractivity contribution in [2.24, 2.45) is 0 Å². The van der Waals surface area contributed by atoms with Gasteiger partial charge in [-0.2, -0.15) is 0 Å². The molecule has 2 aromatic carbocycles. The summed E-state index contributed by atoms with van der Waals surface area (Å²) < 4.78 is 58.3. The molecule has 0 atom stereocenters. The first-order valence-corrected chi connectivity index (χ1v) is 7.24. The average molecular weight is 314 g/mol. The van der Waals surface area contributed by atoms with E-state index >= 15 is 0 Å². The highest BCUT2D eigenvalue weighted by Crippen LogP contribution is 2.28. The van der Waals surface area contributed by atoms with Crippen LogP contribution in [0.2, 0.25) is 0 Å². The van der Waals surface area contributed by atoms with Gasteiger partial charge in [-0.15, -0.1) is 0 Å². The first-order chi connectivity index (χ1) is 9.85. The van der Waals surface area contributed by atoms with Crippen molar-refractivity contribution < 1.29 is 21.9 Å². The van der Waals surface area contributed by atoms with E-state index in [9.17, 15) is 17.2 Å². The van der Waals surface area contributed by atoms with Gasteiger partial charge in [0, 0.05) is 6.07 Å². The van der Waals surface area contributed by atoms with Crippen LogP contribution in [0.15, 0.2) is 41.3 Å². The molecule has 0 spiro atoms. The highest BCUT2D eigenvalue weighted by atomic mass is 32.2. The largest absolute Gasteiger partial charge is 0.495 e. The molecule has 21 heavy (non-hydrogen) atoms. The van der Waals surface area contributed by atoms with Gasteiger partial charge in [0.1, 0.15) is 22.3 Å². The minimum atomic E-state index is -4.27. The number of benzene rings is 2. The van der Waals surface area contributed by atoms with E-state index in [0.717, 1.165) is 6.07 Å². The van der Waals surface area contributed by atoms with Crippen LogP contribution in [-0.2, 0) is 10.0 Å². The summed E-state index contributed by atoms with van der Waals surface area (Å²) in [7, 11) is -2.90. The van der Waals surface area contributed by atoms with Gasteiger partial charge in [-0.1, -0.05) is 12.1 Å². The Balaban J connectivity index is 2.46. The Morgan fingerprint density at radius 2 is 1.81 bits per heavy atom. The van der Waals surface area contributed by atoms with Gasteiger partial charge in [0.05, 0.1) is 18.5 Å². The summed E-state index contributed by atoms with van der Waals surface area (Å²) in [6.45, 7) is 0. The second kappa shape index (κ2) is 5.57. The molecule has 0 aliphatic rings. The molecule has 0 aromatic heterocycles. The number of para-hydroxylation sites is 2. The maximum absolute atomic E-state index is 13.7. The summed E-state index contributed by atoms with van der Waals surface area (Å²) in [4.78, 5) is -0.743. The Morgan fingerprint density at radius 3 is 2.48 bits per heavy atom. The van der Waals surface area contributed by atoms with E-state index in [1.54, 1.807) is 12.1 Å². The fourth-order valence-corrected chi connectivity index (χ4v) is 2.85. The zero-order valence-electron chi connectivity index (χ0n) is 10.9. The summed E-state index contributed by atoms with van der Waals surface area (Å²) in [5, 5.41) is 0. The third kappa shape index (κ3) is 3.05. The van der Waals surface area contributed by atoms with Gasteiger partial charge in [-0.3, -0.25) is 4.72 Å². The summed E-state index contributed by atoms with van der Waals surface area (Å²) in [5.41, 5.74) is 4.94. The lowest BCUT2D eigenvalue weighted by Gasteiger charge is -2.12. The van der Waals surface area contributed by atoms with Crippen molar-refractivity contribution in [3.63, 3.8) is 0 Å². The lowest BCUT2D eigenvalue weighted by atomic mass is 10.3. The number of hydrogen-bond acceptors (Lipinski definition) is 4. The Labute approximate surface area is 120 Å². The number of halogens is 2. The van der Waals surface area contributed by atoms with Gasteiger partial charge in [-0.05, 0) is 18.2 Å². The zero-order valence-corrected chi connectivity index (χ0v) is 11.7. The van der Waals surface area contributed by atoms with Gasteiger partial charge in [0.15, 0.2) is 0 Å². The first kappa shape index (κ1) is 15.0. The predicted molar refractivity (Wildman–Crippen MR) is 74.6 cm³/mol. The third-order valence-electron chi connectivity index (χ3n) is 2.69. The van der Waals surface area contributed by atoms with E-state index in [1.165, 1.54) is 19.2 Å². The summed E-state index contributed by atoms with van der Waals surface area (Å²) in [6, 6.07) is 7.35. The highest BCUT2D eigenvalue weighted by Gasteiger charge is 2.22. The van der Waals surface area contributed by atoms with Crippen LogP contribution in [0.3, 0.4) is 0 Å². The highest BCUT2D eigenvalue weighted by molar-refractivity contribution is 7.92. The number of sulfonamides is 1. The fourth-order valence-electron chi connectivity index (χ4n) is 1.68. The van der Waals surface area contributed by atoms with Crippen LogP contribution in [-0.4, -0.2) is 15.5 Å². The summed E-state index contributed by atoms with van der Waals surface area (Å²) in [5.74, 6) is -2.00. The summed E-state index contributed by atoms with van der Waals surface area (Å²) >= 11 is 0. The maximum Gasteiger partial charge on any atom is 0.265 e. The maximum atomic E-state index is 13.7. The number of nitrogens with two attached hydrogens (primary N) is 1. The molecular weight excluding hydrogens is 302 g/mol. The van der Waals surface area contributed by atoms with Crippen molar-refractivity contribution in [2.45, 2.75) is 4.90 Å². The lowest BCUT2D eigenvalue weighted by Crippen LogP contribution is -2.16. The van der Waals surface area contributed by atoms with Crippen molar-refractivity contribution in [1.29, 1.82) is 0 Å². The zero-order chi connectivity index (χ0) is 15.6. The van der Waals surface area contributed by atoms with Crippen molar-refractivity contribution in [3.05, 3.63) is 48.0 Å². The number of anilines is 2. The van der Waals surface area contributed by atoms with Crippen molar-refractivity contribution >= 4 is 21.4 Å². The van der Waals surface area contributed by atoms with E-state index in [2.05, 4.69) is 4.72 Å². The molecule has 0 radical (unpaired) electrons. The molecule has 0 bridgehead atoms. The van der Waals surface area contributed by atoms with Crippen molar-refractivity contribution in [1.82, 2.24) is 0 Å². The van der Waals surface area contributed by atoms with Crippen LogP contribution in [0.25, 0.3) is 0 Å². The fraction of sp³-hybridized carbons (Fsp3) is 0.0769. The number of methoxy groups -OCH3 is 1. The molecule has 2 aromatic rings. The quantitative estimate of drug-likeness (QED) is 0.849. The minimum absolute atomic E-state index is 0.127. The standard InChI is InChI=1S/C13H12F2N2O3S/c1-20-12-5-3-2-4-11(12)17-21(18,19)13-7-10(16)8(14)6-9(13)15/h2-7,17H,16H2,1H3. The van der Waals surface area contributed by atoms with E-state index < -0.39 is 32.2 Å². The molecule has 0 fully saturated rings. The molecule has 0 unspecified atom stereocenters. The minimum Gasteiger partial charge on any atom is -0.495 e. The van der Waals surface area contributed by atoms with Gasteiger partial charge in [-0.25, -0.2) is 17.2 Å². The van der Waals surface area contributed by atoms with E-state index in [-0.39, 0.29) is 11.4 Å². The Bertz CT molecular complexity index is 779. The van der Waals surface area contributed by atoms with Gasteiger partial charge < -0.3 is 10.5 Å². The topological polar surface area (TPSA) is 81.4 Å². The molecule has 0 amide bonds. The average Bonchev–Trinajstić information content (AvgIpc) is 2.43. The monoisotopic (exact) mass is 314 g/mol. The molecule has 2 rings (SSSR count). The summed E-state index contributed by atoms with van der Waals surface area (Å²) in [6.07, 6.45) is 0. The number of nitrogen functional groups attached to an aromatic ring is 1. The number of ether oxygens (including phenoxy) is 1. The molecule has 0 aliphatic heterocycles. The molecule has 0 saturated heterocycles. The molecule has 3 N–H and O–H groups in total. The molecule has 5 nitrogen and oxygen atoms in total. The van der Waals surface area contributed by atoms with E-state index in [0.29, 0.717) is 6.07 Å². The predicted octanol–water partition coefficient (Wildman–Crippen LogP) is 2.36. The van der Waals surface area contributed by atoms with Crippen LogP contribution in [0, 0.1) is 11.6 Å². The van der Waals surface area contributed by atoms with Crippen LogP contribution in [0.5, 0.6) is 5.75 Å². The van der Waals surface area contributed by atoms with Crippen LogP contribution >= 0.6 is 0 Å². The molecule has 0 saturated carbocycles. The number of rotatable bonds is 4. The van der Waals surface area contributed by atoms with Crippen LogP contribution in [0.4, 0.5) is 20.2 Å². The molecule has 112 valence electrons. The number of nitrogens with one attached hydrogen (secondary N) is 1. The van der Waals surface area contributed by atoms with Crippen LogP contribution < -0.4 is 15.2 Å². The normalized spacial score (nSPS) is 11.2. The van der Waals surface area contributed by atoms with E-state index in [4.69, 9.17) is 10.5 Å². The second-order valence-electron chi connectivity index (χ2n) is 4.11. The molecule has 8 heteroatoms. The van der Waals surface area contributed by atoms with Crippen molar-refractivity contribution in [3.8, 4) is 5.75 Å². The Morgan fingerprint density at radius 1 is 1.14 bits per heavy atom. The smallest absolute Gasteiger partial charge is 0.265 e. The second-order valence-corrected chi connectivity index (χ2v) is 5.76. The SMILES string of the molecule is COc1ccccc1NS(=O)(=O)c1cc(N)c(F)cc1F. The molecule has 0 heterocycles. The van der Waals surface area contributed by atoms with Gasteiger partial charge in [0.25, 0.3) is 10.0 Å². The third-order valence-corrected chi connectivity index (χ3v) is 4.07. The molecule has 0 aliphatic carbocycles. The van der Waals surface area contributed by atoms with E-state index in [1.807, 2.05) is 0 Å². The lowest BCUT2D eigenvalue weighted by molar-refractivity contribution is 0.417. The molecular formula is C13H12F2N2O3S. The first-order valence-electron chi connectivity index (χ1n) is 5.75. The van der Waals surface area contributed by atoms with Crippen molar-refractivity contribution in [2.75, 3.05) is 17.6 Å². The Hall–Kier alpha value is -2.35.